The van der Waals surface area contributed by atoms with Gasteiger partial charge in [0, 0.05) is 24.2 Å². The van der Waals surface area contributed by atoms with Crippen LogP contribution < -0.4 is 0 Å². The first-order chi connectivity index (χ1) is 9.75. The number of likely N-dealkylation sites (N-methyl/N-ethyl adjacent to an activating group) is 1. The van der Waals surface area contributed by atoms with Gasteiger partial charge in [-0.1, -0.05) is 0 Å². The first-order valence-corrected chi connectivity index (χ1v) is 6.32. The van der Waals surface area contributed by atoms with Gasteiger partial charge < -0.3 is 9.80 Å². The maximum atomic E-state index is 12.7. The molecule has 0 radical (unpaired) electrons. The molecule has 1 aliphatic rings. The number of fused-ring (bicyclic) bond motifs is 1. The van der Waals surface area contributed by atoms with E-state index in [1.165, 1.54) is 4.90 Å². The zero-order chi connectivity index (χ0) is 15.8. The number of amides is 1. The van der Waals surface area contributed by atoms with Crippen molar-refractivity contribution in [3.05, 3.63) is 34.9 Å². The van der Waals surface area contributed by atoms with E-state index in [0.29, 0.717) is 13.1 Å². The minimum absolute atomic E-state index is 0.135. The predicted octanol–water partition coefficient (Wildman–Crippen LogP) is 2.29. The third-order valence-corrected chi connectivity index (χ3v) is 3.39. The molecule has 1 aromatic carbocycles. The summed E-state index contributed by atoms with van der Waals surface area (Å²) in [4.78, 5) is 15.4. The fourth-order valence-electron chi connectivity index (χ4n) is 2.28. The zero-order valence-electron chi connectivity index (χ0n) is 11.6. The van der Waals surface area contributed by atoms with Crippen LogP contribution in [0, 0.1) is 11.3 Å². The second kappa shape index (κ2) is 5.37. The lowest BCUT2D eigenvalue weighted by molar-refractivity contribution is -0.137. The summed E-state index contributed by atoms with van der Waals surface area (Å²) in [6.45, 7) is 0.824. The van der Waals surface area contributed by atoms with E-state index in [4.69, 9.17) is 0 Å². The Kier molecular flexibility index (Phi) is 3.92. The molecular formula is C14H14F3N3O. The van der Waals surface area contributed by atoms with E-state index in [9.17, 15) is 23.2 Å². The standard InChI is InChI=1S/C14H14F3N3O/c1-19(2)5-6-20-12(8-18)11-7-9(14(15,16)17)3-4-10(11)13(20)21/h3-4,7,12H,5-6H2,1-2H3. The Hall–Kier alpha value is -2.07. The van der Waals surface area contributed by atoms with Crippen molar-refractivity contribution in [1.82, 2.24) is 9.80 Å². The average Bonchev–Trinajstić information content (AvgIpc) is 2.67. The number of hydrogen-bond acceptors (Lipinski definition) is 3. The zero-order valence-corrected chi connectivity index (χ0v) is 11.6. The van der Waals surface area contributed by atoms with Crippen molar-refractivity contribution in [3.63, 3.8) is 0 Å². The van der Waals surface area contributed by atoms with Crippen molar-refractivity contribution >= 4 is 5.91 Å². The predicted molar refractivity (Wildman–Crippen MR) is 69.4 cm³/mol. The number of rotatable bonds is 3. The third kappa shape index (κ3) is 2.85. The van der Waals surface area contributed by atoms with Crippen LogP contribution in [0.15, 0.2) is 18.2 Å². The van der Waals surface area contributed by atoms with Crippen LogP contribution in [0.25, 0.3) is 0 Å². The molecule has 1 atom stereocenters. The minimum atomic E-state index is -4.49. The van der Waals surface area contributed by atoms with E-state index in [2.05, 4.69) is 0 Å². The van der Waals surface area contributed by atoms with Gasteiger partial charge in [0.2, 0.25) is 0 Å². The van der Waals surface area contributed by atoms with E-state index in [0.717, 1.165) is 18.2 Å². The molecule has 0 aromatic heterocycles. The fourth-order valence-corrected chi connectivity index (χ4v) is 2.28. The van der Waals surface area contributed by atoms with Crippen LogP contribution in [0.3, 0.4) is 0 Å². The number of halogens is 3. The third-order valence-electron chi connectivity index (χ3n) is 3.39. The fraction of sp³-hybridized carbons (Fsp3) is 0.429. The van der Waals surface area contributed by atoms with Crippen molar-refractivity contribution in [3.8, 4) is 6.07 Å². The Morgan fingerprint density at radius 1 is 1.38 bits per heavy atom. The molecule has 0 N–H and O–H groups in total. The van der Waals surface area contributed by atoms with E-state index >= 15 is 0 Å². The number of benzene rings is 1. The summed E-state index contributed by atoms with van der Waals surface area (Å²) in [6.07, 6.45) is -4.49. The van der Waals surface area contributed by atoms with Gasteiger partial charge in [0.25, 0.3) is 5.91 Å². The number of hydrogen-bond donors (Lipinski definition) is 0. The molecule has 1 heterocycles. The van der Waals surface area contributed by atoms with Gasteiger partial charge in [-0.3, -0.25) is 4.79 Å². The smallest absolute Gasteiger partial charge is 0.317 e. The number of nitrogens with zero attached hydrogens (tertiary/aromatic N) is 3. The molecular weight excluding hydrogens is 283 g/mol. The van der Waals surface area contributed by atoms with Gasteiger partial charge in [-0.15, -0.1) is 0 Å². The summed E-state index contributed by atoms with van der Waals surface area (Å²) in [5.41, 5.74) is -0.534. The maximum Gasteiger partial charge on any atom is 0.416 e. The van der Waals surface area contributed by atoms with Crippen LogP contribution in [-0.2, 0) is 6.18 Å². The van der Waals surface area contributed by atoms with Gasteiger partial charge in [-0.2, -0.15) is 18.4 Å². The average molecular weight is 297 g/mol. The number of nitriles is 1. The molecule has 21 heavy (non-hydrogen) atoms. The summed E-state index contributed by atoms with van der Waals surface area (Å²) in [5, 5.41) is 9.22. The topological polar surface area (TPSA) is 47.3 Å². The lowest BCUT2D eigenvalue weighted by Crippen LogP contribution is -2.34. The van der Waals surface area contributed by atoms with Crippen LogP contribution in [0.4, 0.5) is 13.2 Å². The normalized spacial score (nSPS) is 18.0. The first-order valence-electron chi connectivity index (χ1n) is 6.32. The SMILES string of the molecule is CN(C)CCN1C(=O)c2ccc(C(F)(F)F)cc2C1C#N. The molecule has 7 heteroatoms. The molecule has 1 aromatic rings. The highest BCUT2D eigenvalue weighted by Gasteiger charge is 2.39. The highest BCUT2D eigenvalue weighted by atomic mass is 19.4. The van der Waals surface area contributed by atoms with Crippen molar-refractivity contribution in [2.45, 2.75) is 12.2 Å². The van der Waals surface area contributed by atoms with E-state index in [1.807, 2.05) is 25.1 Å². The Morgan fingerprint density at radius 3 is 2.57 bits per heavy atom. The molecule has 0 spiro atoms. The Morgan fingerprint density at radius 2 is 2.05 bits per heavy atom. The van der Waals surface area contributed by atoms with Gasteiger partial charge in [0.1, 0.15) is 6.04 Å². The van der Waals surface area contributed by atoms with E-state index in [-0.39, 0.29) is 11.1 Å². The first kappa shape index (κ1) is 15.3. The summed E-state index contributed by atoms with van der Waals surface area (Å²) < 4.78 is 38.2. The molecule has 4 nitrogen and oxygen atoms in total. The minimum Gasteiger partial charge on any atom is -0.317 e. The number of carbonyl (C=O) groups is 1. The van der Waals surface area contributed by atoms with Crippen molar-refractivity contribution in [2.75, 3.05) is 27.2 Å². The van der Waals surface area contributed by atoms with Gasteiger partial charge in [0.15, 0.2) is 0 Å². The van der Waals surface area contributed by atoms with Crippen LogP contribution in [-0.4, -0.2) is 42.9 Å². The quantitative estimate of drug-likeness (QED) is 0.860. The summed E-state index contributed by atoms with van der Waals surface area (Å²) >= 11 is 0. The molecule has 0 fully saturated rings. The van der Waals surface area contributed by atoms with Crippen LogP contribution in [0.2, 0.25) is 0 Å². The molecule has 1 unspecified atom stereocenters. The Labute approximate surface area is 120 Å². The van der Waals surface area contributed by atoms with Gasteiger partial charge in [0.05, 0.1) is 11.6 Å². The highest BCUT2D eigenvalue weighted by molar-refractivity contribution is 5.99. The van der Waals surface area contributed by atoms with Gasteiger partial charge in [-0.25, -0.2) is 0 Å². The number of alkyl halides is 3. The monoisotopic (exact) mass is 297 g/mol. The Balaban J connectivity index is 2.38. The highest BCUT2D eigenvalue weighted by Crippen LogP contribution is 2.37. The molecule has 112 valence electrons. The maximum absolute atomic E-state index is 12.7. The van der Waals surface area contributed by atoms with Crippen molar-refractivity contribution < 1.29 is 18.0 Å². The lowest BCUT2D eigenvalue weighted by Gasteiger charge is -2.22. The van der Waals surface area contributed by atoms with Crippen LogP contribution in [0.1, 0.15) is 27.5 Å². The molecule has 0 aliphatic carbocycles. The molecule has 1 amide bonds. The summed E-state index contributed by atoms with van der Waals surface area (Å²) in [5.74, 6) is -0.396. The second-order valence-corrected chi connectivity index (χ2v) is 5.13. The van der Waals surface area contributed by atoms with Crippen LogP contribution >= 0.6 is 0 Å². The van der Waals surface area contributed by atoms with Crippen molar-refractivity contribution in [2.24, 2.45) is 0 Å². The van der Waals surface area contributed by atoms with Gasteiger partial charge >= 0.3 is 6.18 Å². The van der Waals surface area contributed by atoms with E-state index in [1.54, 1.807) is 0 Å². The van der Waals surface area contributed by atoms with E-state index < -0.39 is 23.7 Å². The number of carbonyl (C=O) groups excluding carboxylic acids is 1. The Bertz CT molecular complexity index is 604. The molecule has 0 saturated heterocycles. The molecule has 2 rings (SSSR count). The van der Waals surface area contributed by atoms with Crippen molar-refractivity contribution in [1.29, 1.82) is 5.26 Å². The molecule has 1 aliphatic heterocycles. The largest absolute Gasteiger partial charge is 0.416 e. The molecule has 0 bridgehead atoms. The summed E-state index contributed by atoms with van der Waals surface area (Å²) in [7, 11) is 3.63. The van der Waals surface area contributed by atoms with Gasteiger partial charge in [-0.05, 0) is 32.3 Å². The summed E-state index contributed by atoms with van der Waals surface area (Å²) in [6, 6.07) is 3.89. The molecule has 0 saturated carbocycles. The van der Waals surface area contributed by atoms with Crippen LogP contribution in [0.5, 0.6) is 0 Å². The lowest BCUT2D eigenvalue weighted by atomic mass is 10.0. The second-order valence-electron chi connectivity index (χ2n) is 5.13.